The maximum atomic E-state index is 13.8. The van der Waals surface area contributed by atoms with Crippen molar-refractivity contribution in [3.63, 3.8) is 0 Å². The van der Waals surface area contributed by atoms with E-state index in [4.69, 9.17) is 4.74 Å². The minimum Gasteiger partial charge on any atom is -0.383 e. The van der Waals surface area contributed by atoms with Gasteiger partial charge in [0.1, 0.15) is 6.04 Å². The molecule has 0 saturated carbocycles. The molecule has 4 amide bonds. The van der Waals surface area contributed by atoms with Crippen LogP contribution in [0.3, 0.4) is 0 Å². The molecule has 0 aliphatic carbocycles. The zero-order chi connectivity index (χ0) is 25.9. The Labute approximate surface area is 201 Å². The van der Waals surface area contributed by atoms with Crippen molar-refractivity contribution in [3.05, 3.63) is 59.3 Å². The van der Waals surface area contributed by atoms with Crippen molar-refractivity contribution in [2.24, 2.45) is 5.92 Å². The number of hydrogen-bond donors (Lipinski definition) is 2. The van der Waals surface area contributed by atoms with Crippen LogP contribution in [0.1, 0.15) is 31.0 Å². The van der Waals surface area contributed by atoms with Gasteiger partial charge in [0, 0.05) is 20.2 Å². The van der Waals surface area contributed by atoms with Crippen molar-refractivity contribution in [1.29, 1.82) is 0 Å². The first-order chi connectivity index (χ1) is 16.5. The summed E-state index contributed by atoms with van der Waals surface area (Å²) in [6.07, 6.45) is -3.23. The molecular formula is C24H29F3N4O4. The lowest BCUT2D eigenvalue weighted by Crippen LogP contribution is -2.52. The third-order valence-corrected chi connectivity index (χ3v) is 5.98. The van der Waals surface area contributed by atoms with Crippen molar-refractivity contribution >= 4 is 17.8 Å². The number of benzene rings is 1. The number of alkyl halides is 3. The Morgan fingerprint density at radius 2 is 2.00 bits per heavy atom. The fourth-order valence-electron chi connectivity index (χ4n) is 4.49. The maximum absolute atomic E-state index is 13.8. The van der Waals surface area contributed by atoms with Gasteiger partial charge in [-0.1, -0.05) is 38.1 Å². The molecule has 11 heteroatoms. The molecule has 2 heterocycles. The van der Waals surface area contributed by atoms with E-state index in [-0.39, 0.29) is 49.0 Å². The average Bonchev–Trinajstić information content (AvgIpc) is 3.11. The van der Waals surface area contributed by atoms with E-state index in [1.807, 2.05) is 0 Å². The standard InChI is InChI=1S/C24H29F3N4O4/c1-5-11-30-17-13-31(20(14(2)3)21(32)28-10-12-35-4)22(33)18(17)19(29-23(30)34)15-8-6-7-9-16(15)24(25,26)27/h5-9,14,19-20H,1,10-13H2,2-4H3,(H,28,32)(H,29,34)/t19-,20-/m1/s1. The maximum Gasteiger partial charge on any atom is 0.416 e. The lowest BCUT2D eigenvalue weighted by molar-refractivity contribution is -0.139. The van der Waals surface area contributed by atoms with Crippen molar-refractivity contribution in [2.75, 3.05) is 33.4 Å². The van der Waals surface area contributed by atoms with Crippen LogP contribution in [-0.4, -0.2) is 67.0 Å². The zero-order valence-electron chi connectivity index (χ0n) is 19.8. The van der Waals surface area contributed by atoms with Gasteiger partial charge in [-0.2, -0.15) is 13.2 Å². The number of ether oxygens (including phenoxy) is 1. The van der Waals surface area contributed by atoms with E-state index in [1.54, 1.807) is 13.8 Å². The van der Waals surface area contributed by atoms with Gasteiger partial charge in [0.25, 0.3) is 5.91 Å². The summed E-state index contributed by atoms with van der Waals surface area (Å²) >= 11 is 0. The number of methoxy groups -OCH3 is 1. The lowest BCUT2D eigenvalue weighted by Gasteiger charge is -2.33. The van der Waals surface area contributed by atoms with Crippen LogP contribution in [0.2, 0.25) is 0 Å². The molecule has 0 unspecified atom stereocenters. The van der Waals surface area contributed by atoms with Gasteiger partial charge in [-0.15, -0.1) is 6.58 Å². The van der Waals surface area contributed by atoms with Gasteiger partial charge in [-0.3, -0.25) is 14.5 Å². The van der Waals surface area contributed by atoms with Gasteiger partial charge in [-0.05, 0) is 17.5 Å². The van der Waals surface area contributed by atoms with E-state index < -0.39 is 41.7 Å². The Morgan fingerprint density at radius 3 is 2.60 bits per heavy atom. The molecule has 2 aliphatic rings. The predicted octanol–water partition coefficient (Wildman–Crippen LogP) is 2.84. The number of urea groups is 1. The molecule has 2 N–H and O–H groups in total. The van der Waals surface area contributed by atoms with Crippen molar-refractivity contribution in [2.45, 2.75) is 32.1 Å². The molecule has 3 rings (SSSR count). The number of carbonyl (C=O) groups excluding carboxylic acids is 3. The largest absolute Gasteiger partial charge is 0.416 e. The Hall–Kier alpha value is -3.34. The summed E-state index contributed by atoms with van der Waals surface area (Å²) in [6.45, 7) is 7.64. The molecule has 2 aliphatic heterocycles. The van der Waals surface area contributed by atoms with Crippen molar-refractivity contribution in [3.8, 4) is 0 Å². The highest BCUT2D eigenvalue weighted by Crippen LogP contribution is 2.42. The minimum absolute atomic E-state index is 0.0125. The van der Waals surface area contributed by atoms with Crippen LogP contribution in [0.4, 0.5) is 18.0 Å². The minimum atomic E-state index is -4.69. The molecule has 35 heavy (non-hydrogen) atoms. The van der Waals surface area contributed by atoms with Crippen LogP contribution >= 0.6 is 0 Å². The molecule has 0 bridgehead atoms. The van der Waals surface area contributed by atoms with E-state index in [1.165, 1.54) is 41.2 Å². The van der Waals surface area contributed by atoms with Gasteiger partial charge in [0.15, 0.2) is 0 Å². The predicted molar refractivity (Wildman–Crippen MR) is 122 cm³/mol. The molecule has 2 atom stereocenters. The lowest BCUT2D eigenvalue weighted by atomic mass is 9.91. The number of hydrogen-bond acceptors (Lipinski definition) is 4. The summed E-state index contributed by atoms with van der Waals surface area (Å²) in [6, 6.07) is 1.96. The van der Waals surface area contributed by atoms with Crippen LogP contribution < -0.4 is 10.6 Å². The Kier molecular flexibility index (Phi) is 7.89. The number of nitrogens with zero attached hydrogens (tertiary/aromatic N) is 2. The van der Waals surface area contributed by atoms with Crippen LogP contribution in [0.5, 0.6) is 0 Å². The fraction of sp³-hybridized carbons (Fsp3) is 0.458. The van der Waals surface area contributed by atoms with Crippen LogP contribution in [0.15, 0.2) is 48.2 Å². The molecule has 190 valence electrons. The van der Waals surface area contributed by atoms with Crippen LogP contribution in [-0.2, 0) is 20.5 Å². The Bertz CT molecular complexity index is 1040. The molecular weight excluding hydrogens is 465 g/mol. The second-order valence-electron chi connectivity index (χ2n) is 8.63. The van der Waals surface area contributed by atoms with Crippen molar-refractivity contribution < 1.29 is 32.3 Å². The van der Waals surface area contributed by atoms with Gasteiger partial charge in [0.05, 0.1) is 36.0 Å². The molecule has 0 spiro atoms. The highest BCUT2D eigenvalue weighted by molar-refractivity contribution is 6.03. The fourth-order valence-corrected chi connectivity index (χ4v) is 4.49. The van der Waals surface area contributed by atoms with E-state index in [0.29, 0.717) is 0 Å². The summed E-state index contributed by atoms with van der Waals surface area (Å²) < 4.78 is 46.3. The summed E-state index contributed by atoms with van der Waals surface area (Å²) in [5, 5.41) is 5.28. The SMILES string of the molecule is C=CCN1C(=O)N[C@H](c2ccccc2C(F)(F)F)C2=C1CN([C@@H](C(=O)NCCOC)C(C)C)C2=O. The van der Waals surface area contributed by atoms with Gasteiger partial charge in [-0.25, -0.2) is 4.79 Å². The number of amides is 4. The second-order valence-corrected chi connectivity index (χ2v) is 8.63. The third kappa shape index (κ3) is 5.19. The molecule has 0 saturated heterocycles. The smallest absolute Gasteiger partial charge is 0.383 e. The zero-order valence-corrected chi connectivity index (χ0v) is 19.8. The number of carbonyl (C=O) groups is 3. The summed E-state index contributed by atoms with van der Waals surface area (Å²) in [5.41, 5.74) is -0.910. The Balaban J connectivity index is 2.07. The van der Waals surface area contributed by atoms with Crippen LogP contribution in [0, 0.1) is 5.92 Å². The molecule has 0 aromatic heterocycles. The van der Waals surface area contributed by atoms with E-state index in [9.17, 15) is 27.6 Å². The molecule has 0 fully saturated rings. The van der Waals surface area contributed by atoms with Crippen LogP contribution in [0.25, 0.3) is 0 Å². The van der Waals surface area contributed by atoms with E-state index in [2.05, 4.69) is 17.2 Å². The number of nitrogens with one attached hydrogen (secondary N) is 2. The van der Waals surface area contributed by atoms with Gasteiger partial charge >= 0.3 is 12.2 Å². The van der Waals surface area contributed by atoms with Gasteiger partial charge < -0.3 is 20.3 Å². The first kappa shape index (κ1) is 26.3. The first-order valence-electron chi connectivity index (χ1n) is 11.2. The summed E-state index contributed by atoms with van der Waals surface area (Å²) in [4.78, 5) is 42.2. The molecule has 1 aromatic carbocycles. The average molecular weight is 495 g/mol. The first-order valence-corrected chi connectivity index (χ1v) is 11.2. The highest BCUT2D eigenvalue weighted by atomic mass is 19.4. The van der Waals surface area contributed by atoms with Crippen molar-refractivity contribution in [1.82, 2.24) is 20.4 Å². The third-order valence-electron chi connectivity index (χ3n) is 5.98. The summed E-state index contributed by atoms with van der Waals surface area (Å²) in [5.74, 6) is -1.32. The highest BCUT2D eigenvalue weighted by Gasteiger charge is 2.49. The number of halogens is 3. The topological polar surface area (TPSA) is 91.0 Å². The number of rotatable bonds is 9. The van der Waals surface area contributed by atoms with E-state index in [0.717, 1.165) is 6.07 Å². The molecule has 8 nitrogen and oxygen atoms in total. The van der Waals surface area contributed by atoms with Gasteiger partial charge in [0.2, 0.25) is 5.91 Å². The normalized spacial score (nSPS) is 19.1. The van der Waals surface area contributed by atoms with E-state index >= 15 is 0 Å². The quantitative estimate of drug-likeness (QED) is 0.408. The summed E-state index contributed by atoms with van der Waals surface area (Å²) in [7, 11) is 1.49. The Morgan fingerprint density at radius 1 is 1.31 bits per heavy atom. The molecule has 0 radical (unpaired) electrons. The monoisotopic (exact) mass is 494 g/mol. The second kappa shape index (κ2) is 10.5. The molecule has 1 aromatic rings.